The molecule has 0 atom stereocenters. The highest BCUT2D eigenvalue weighted by atomic mass is 32.2. The summed E-state index contributed by atoms with van der Waals surface area (Å²) < 4.78 is 67.8. The van der Waals surface area contributed by atoms with Crippen LogP contribution in [0.15, 0.2) is 45.7 Å². The first-order chi connectivity index (χ1) is 15.5. The van der Waals surface area contributed by atoms with Gasteiger partial charge in [0.1, 0.15) is 16.4 Å². The van der Waals surface area contributed by atoms with Gasteiger partial charge in [-0.05, 0) is 55.3 Å². The minimum absolute atomic E-state index is 0.00442. The molecule has 33 heavy (non-hydrogen) atoms. The molecular formula is C21H19F3N4O3S2. The van der Waals surface area contributed by atoms with E-state index < -0.39 is 27.8 Å². The van der Waals surface area contributed by atoms with Crippen molar-refractivity contribution in [3.05, 3.63) is 52.5 Å². The number of aryl methyl sites for hydroxylation is 1. The fourth-order valence-electron chi connectivity index (χ4n) is 3.47. The second-order valence-corrected chi connectivity index (χ2v) is 10.2. The molecule has 174 valence electrons. The average molecular weight is 497 g/mol. The molecule has 0 aliphatic carbocycles. The molecule has 3 heterocycles. The maximum atomic E-state index is 12.9. The molecule has 4 rings (SSSR count). The Labute approximate surface area is 192 Å². The van der Waals surface area contributed by atoms with E-state index in [0.717, 1.165) is 30.4 Å². The van der Waals surface area contributed by atoms with Gasteiger partial charge in [0.15, 0.2) is 0 Å². The van der Waals surface area contributed by atoms with Crippen molar-refractivity contribution in [1.29, 1.82) is 0 Å². The summed E-state index contributed by atoms with van der Waals surface area (Å²) in [5.74, 6) is -0.0117. The van der Waals surface area contributed by atoms with Crippen LogP contribution >= 0.6 is 11.3 Å². The molecule has 0 saturated carbocycles. The monoisotopic (exact) mass is 496 g/mol. The molecule has 3 aromatic rings. The quantitative estimate of drug-likeness (QED) is 0.566. The van der Waals surface area contributed by atoms with E-state index in [1.807, 2.05) is 0 Å². The molecule has 0 spiro atoms. The number of fused-ring (bicyclic) bond motifs is 1. The van der Waals surface area contributed by atoms with Gasteiger partial charge in [-0.1, -0.05) is 0 Å². The van der Waals surface area contributed by atoms with E-state index in [1.165, 1.54) is 30.3 Å². The number of likely N-dealkylation sites (tertiary alicyclic amines) is 1. The van der Waals surface area contributed by atoms with Gasteiger partial charge in [0.25, 0.3) is 15.9 Å². The van der Waals surface area contributed by atoms with E-state index in [2.05, 4.69) is 14.7 Å². The SMILES string of the molecule is Cc1c(C(=O)Nc2ccc(S(=O)(=O)/N=C3/CCCN3C)cc2)sc2nc(C(F)(F)F)ccc12. The minimum Gasteiger partial charge on any atom is -0.362 e. The number of carbonyl (C=O) groups excluding carboxylic acids is 1. The average Bonchev–Trinajstić information content (AvgIpc) is 3.30. The third kappa shape index (κ3) is 4.71. The summed E-state index contributed by atoms with van der Waals surface area (Å²) in [6, 6.07) is 7.75. The summed E-state index contributed by atoms with van der Waals surface area (Å²) in [5, 5.41) is 3.11. The fraction of sp³-hybridized carbons (Fsp3) is 0.286. The van der Waals surface area contributed by atoms with Crippen molar-refractivity contribution < 1.29 is 26.4 Å². The largest absolute Gasteiger partial charge is 0.433 e. The normalized spacial score (nSPS) is 16.0. The molecule has 1 aliphatic rings. The van der Waals surface area contributed by atoms with Gasteiger partial charge in [-0.2, -0.15) is 21.6 Å². The highest BCUT2D eigenvalue weighted by Crippen LogP contribution is 2.34. The van der Waals surface area contributed by atoms with Gasteiger partial charge < -0.3 is 10.2 Å². The van der Waals surface area contributed by atoms with Crippen molar-refractivity contribution in [3.8, 4) is 0 Å². The zero-order valence-corrected chi connectivity index (χ0v) is 19.2. The number of thiophene rings is 1. The highest BCUT2D eigenvalue weighted by molar-refractivity contribution is 7.90. The molecule has 7 nitrogen and oxygen atoms in total. The molecule has 0 bridgehead atoms. The van der Waals surface area contributed by atoms with Crippen molar-refractivity contribution >= 4 is 49.0 Å². The van der Waals surface area contributed by atoms with Crippen LogP contribution in [0.25, 0.3) is 10.2 Å². The summed E-state index contributed by atoms with van der Waals surface area (Å²) in [6.07, 6.45) is -3.13. The second kappa shape index (κ2) is 8.41. The van der Waals surface area contributed by atoms with Crippen molar-refractivity contribution in [1.82, 2.24) is 9.88 Å². The number of amides is 1. The summed E-state index contributed by atoms with van der Waals surface area (Å²) in [4.78, 5) is 18.5. The van der Waals surface area contributed by atoms with Gasteiger partial charge in [0.2, 0.25) is 0 Å². The standard InChI is InChI=1S/C21H19F3N4O3S2/c1-12-15-9-10-16(21(22,23)24)26-20(15)32-18(12)19(29)25-13-5-7-14(8-6-13)33(30,31)27-17-4-3-11-28(17)2/h5-10H,3-4,11H2,1-2H3,(H,25,29)/b27-17-. The lowest BCUT2D eigenvalue weighted by molar-refractivity contribution is -0.140. The van der Waals surface area contributed by atoms with Crippen molar-refractivity contribution in [2.24, 2.45) is 4.40 Å². The molecule has 1 fully saturated rings. The van der Waals surface area contributed by atoms with Crippen LogP contribution in [0, 0.1) is 6.92 Å². The van der Waals surface area contributed by atoms with Crippen LogP contribution in [0.3, 0.4) is 0 Å². The number of hydrogen-bond acceptors (Lipinski definition) is 5. The Morgan fingerprint density at radius 3 is 2.48 bits per heavy atom. The summed E-state index contributed by atoms with van der Waals surface area (Å²) in [6.45, 7) is 2.39. The van der Waals surface area contributed by atoms with Crippen LogP contribution in [0.1, 0.15) is 33.8 Å². The van der Waals surface area contributed by atoms with Gasteiger partial charge in [-0.25, -0.2) is 4.98 Å². The summed E-state index contributed by atoms with van der Waals surface area (Å²) >= 11 is 0.865. The van der Waals surface area contributed by atoms with E-state index in [-0.39, 0.29) is 14.6 Å². The number of pyridine rings is 1. The fourth-order valence-corrected chi connectivity index (χ4v) is 5.64. The van der Waals surface area contributed by atoms with Crippen LogP contribution in [-0.4, -0.2) is 43.6 Å². The number of halogens is 3. The van der Waals surface area contributed by atoms with E-state index >= 15 is 0 Å². The van der Waals surface area contributed by atoms with Crippen LogP contribution in [0.4, 0.5) is 18.9 Å². The second-order valence-electron chi connectivity index (χ2n) is 7.59. The topological polar surface area (TPSA) is 91.7 Å². The molecule has 1 amide bonds. The van der Waals surface area contributed by atoms with Gasteiger partial charge >= 0.3 is 6.18 Å². The number of alkyl halides is 3. The van der Waals surface area contributed by atoms with Gasteiger partial charge in [-0.15, -0.1) is 15.7 Å². The number of nitrogens with one attached hydrogen (secondary N) is 1. The summed E-state index contributed by atoms with van der Waals surface area (Å²) in [7, 11) is -2.09. The van der Waals surface area contributed by atoms with E-state index in [9.17, 15) is 26.4 Å². The van der Waals surface area contributed by atoms with Gasteiger partial charge in [0, 0.05) is 31.1 Å². The van der Waals surface area contributed by atoms with Crippen LogP contribution in [-0.2, 0) is 16.2 Å². The third-order valence-corrected chi connectivity index (χ3v) is 7.79. The van der Waals surface area contributed by atoms with Gasteiger partial charge in [0.05, 0.1) is 9.77 Å². The smallest absolute Gasteiger partial charge is 0.362 e. The molecule has 12 heteroatoms. The molecular weight excluding hydrogens is 477 g/mol. The maximum absolute atomic E-state index is 12.9. The number of sulfonamides is 1. The number of aromatic nitrogens is 1. The van der Waals surface area contributed by atoms with E-state index in [4.69, 9.17) is 0 Å². The molecule has 1 saturated heterocycles. The molecule has 1 aliphatic heterocycles. The molecule has 0 radical (unpaired) electrons. The summed E-state index contributed by atoms with van der Waals surface area (Å²) in [5.41, 5.74) is -0.165. The van der Waals surface area contributed by atoms with Crippen molar-refractivity contribution in [2.45, 2.75) is 30.8 Å². The number of benzene rings is 1. The Kier molecular flexibility index (Phi) is 5.91. The number of nitrogens with zero attached hydrogens (tertiary/aromatic N) is 3. The lowest BCUT2D eigenvalue weighted by Gasteiger charge is -2.11. The molecule has 2 aromatic heterocycles. The highest BCUT2D eigenvalue weighted by Gasteiger charge is 2.33. The van der Waals surface area contributed by atoms with E-state index in [1.54, 1.807) is 18.9 Å². The first-order valence-corrected chi connectivity index (χ1v) is 12.1. The maximum Gasteiger partial charge on any atom is 0.433 e. The zero-order valence-electron chi connectivity index (χ0n) is 17.6. The Morgan fingerprint density at radius 1 is 1.18 bits per heavy atom. The number of anilines is 1. The van der Waals surface area contributed by atoms with Gasteiger partial charge in [-0.3, -0.25) is 4.79 Å². The Hall–Kier alpha value is -2.99. The number of hydrogen-bond donors (Lipinski definition) is 1. The van der Waals surface area contributed by atoms with Crippen LogP contribution in [0.5, 0.6) is 0 Å². The van der Waals surface area contributed by atoms with Crippen molar-refractivity contribution in [3.63, 3.8) is 0 Å². The lowest BCUT2D eigenvalue weighted by Crippen LogP contribution is -2.20. The first kappa shape index (κ1) is 23.2. The lowest BCUT2D eigenvalue weighted by atomic mass is 10.1. The Bertz CT molecular complexity index is 1360. The predicted molar refractivity (Wildman–Crippen MR) is 120 cm³/mol. The number of carbonyl (C=O) groups is 1. The molecule has 1 N–H and O–H groups in total. The minimum atomic E-state index is -4.57. The molecule has 1 aromatic carbocycles. The first-order valence-electron chi connectivity index (χ1n) is 9.89. The Balaban J connectivity index is 1.54. The zero-order chi connectivity index (χ0) is 24.0. The molecule has 0 unspecified atom stereocenters. The van der Waals surface area contributed by atoms with E-state index in [0.29, 0.717) is 28.9 Å². The van der Waals surface area contributed by atoms with Crippen molar-refractivity contribution in [2.75, 3.05) is 18.9 Å². The van der Waals surface area contributed by atoms with Crippen LogP contribution < -0.4 is 5.32 Å². The Morgan fingerprint density at radius 2 is 1.88 bits per heavy atom. The predicted octanol–water partition coefficient (Wildman–Crippen LogP) is 4.69. The number of amidine groups is 1. The van der Waals surface area contributed by atoms with Crippen LogP contribution in [0.2, 0.25) is 0 Å². The number of rotatable bonds is 4. The third-order valence-electron chi connectivity index (χ3n) is 5.27.